The third-order valence-corrected chi connectivity index (χ3v) is 5.04. The van der Waals surface area contributed by atoms with Crippen LogP contribution in [0.15, 0.2) is 22.8 Å². The maximum atomic E-state index is 11.5. The highest BCUT2D eigenvalue weighted by Crippen LogP contribution is 2.37. The summed E-state index contributed by atoms with van der Waals surface area (Å²) in [4.78, 5) is 14.7. The average molecular weight is 325 g/mol. The summed E-state index contributed by atoms with van der Waals surface area (Å²) in [5, 5.41) is 1.12. The molecular formula is C13H13BrN2OS. The number of carbonyl (C=O) groups excluding carboxylic acids is 1. The van der Waals surface area contributed by atoms with Crippen LogP contribution in [0, 0.1) is 0 Å². The van der Waals surface area contributed by atoms with Crippen molar-refractivity contribution in [2.75, 3.05) is 11.5 Å². The number of rotatable bonds is 2. The van der Waals surface area contributed by atoms with Gasteiger partial charge in [-0.1, -0.05) is 15.9 Å². The number of nitrogens with two attached hydrogens (primary N) is 1. The summed E-state index contributed by atoms with van der Waals surface area (Å²) in [5.41, 5.74) is 8.14. The minimum absolute atomic E-state index is 0.393. The quantitative estimate of drug-likeness (QED) is 0.890. The van der Waals surface area contributed by atoms with Gasteiger partial charge in [-0.2, -0.15) is 11.8 Å². The van der Waals surface area contributed by atoms with Gasteiger partial charge in [0.25, 0.3) is 5.91 Å². The molecule has 18 heavy (non-hydrogen) atoms. The van der Waals surface area contributed by atoms with Crippen molar-refractivity contribution < 1.29 is 4.79 Å². The predicted molar refractivity (Wildman–Crippen MR) is 79.2 cm³/mol. The first-order chi connectivity index (χ1) is 8.66. The van der Waals surface area contributed by atoms with Crippen LogP contribution in [-0.4, -0.2) is 22.4 Å². The van der Waals surface area contributed by atoms with Crippen LogP contribution < -0.4 is 5.73 Å². The number of benzene rings is 1. The molecule has 1 fully saturated rings. The number of aromatic nitrogens is 1. The molecule has 2 heterocycles. The molecule has 1 unspecified atom stereocenters. The molecule has 0 spiro atoms. The Morgan fingerprint density at radius 1 is 1.50 bits per heavy atom. The van der Waals surface area contributed by atoms with Gasteiger partial charge in [-0.3, -0.25) is 4.79 Å². The average Bonchev–Trinajstić information content (AvgIpc) is 2.94. The van der Waals surface area contributed by atoms with Crippen molar-refractivity contribution in [3.8, 4) is 0 Å². The van der Waals surface area contributed by atoms with Crippen molar-refractivity contribution in [1.82, 2.24) is 4.98 Å². The summed E-state index contributed by atoms with van der Waals surface area (Å²) in [7, 11) is 0. The number of amides is 1. The number of primary amides is 1. The van der Waals surface area contributed by atoms with E-state index in [1.165, 1.54) is 17.7 Å². The van der Waals surface area contributed by atoms with Crippen LogP contribution in [0.2, 0.25) is 0 Å². The Morgan fingerprint density at radius 2 is 2.33 bits per heavy atom. The van der Waals surface area contributed by atoms with Crippen molar-refractivity contribution in [2.24, 2.45) is 5.73 Å². The molecule has 0 saturated carbocycles. The van der Waals surface area contributed by atoms with Crippen molar-refractivity contribution in [2.45, 2.75) is 12.3 Å². The summed E-state index contributed by atoms with van der Waals surface area (Å²) in [6, 6.07) is 3.84. The molecule has 0 bridgehead atoms. The van der Waals surface area contributed by atoms with Gasteiger partial charge in [0, 0.05) is 21.8 Å². The number of hydrogen-bond acceptors (Lipinski definition) is 2. The van der Waals surface area contributed by atoms with Crippen LogP contribution in [0.5, 0.6) is 0 Å². The SMILES string of the molecule is NC(=O)c1cc(Br)cc2c(C3CCSC3)c[nH]c12. The first-order valence-electron chi connectivity index (χ1n) is 5.85. The van der Waals surface area contributed by atoms with E-state index < -0.39 is 5.91 Å². The summed E-state index contributed by atoms with van der Waals surface area (Å²) < 4.78 is 0.898. The fourth-order valence-electron chi connectivity index (χ4n) is 2.53. The van der Waals surface area contributed by atoms with Gasteiger partial charge >= 0.3 is 0 Å². The molecule has 2 aromatic rings. The van der Waals surface area contributed by atoms with E-state index in [4.69, 9.17) is 5.73 Å². The zero-order valence-electron chi connectivity index (χ0n) is 9.70. The van der Waals surface area contributed by atoms with Gasteiger partial charge in [0.05, 0.1) is 11.1 Å². The van der Waals surface area contributed by atoms with Crippen LogP contribution in [0.4, 0.5) is 0 Å². The van der Waals surface area contributed by atoms with Crippen molar-refractivity contribution in [3.63, 3.8) is 0 Å². The van der Waals surface area contributed by atoms with Gasteiger partial charge in [0.2, 0.25) is 0 Å². The lowest BCUT2D eigenvalue weighted by Gasteiger charge is -2.07. The molecule has 1 atom stereocenters. The number of carbonyl (C=O) groups is 1. The van der Waals surface area contributed by atoms with Gasteiger partial charge in [-0.05, 0) is 35.8 Å². The van der Waals surface area contributed by atoms with Gasteiger partial charge in [0.1, 0.15) is 0 Å². The second kappa shape index (κ2) is 4.63. The minimum atomic E-state index is -0.393. The highest BCUT2D eigenvalue weighted by atomic mass is 79.9. The van der Waals surface area contributed by atoms with Gasteiger partial charge < -0.3 is 10.7 Å². The number of nitrogens with one attached hydrogen (secondary N) is 1. The molecule has 0 aliphatic carbocycles. The van der Waals surface area contributed by atoms with Crippen molar-refractivity contribution in [3.05, 3.63) is 33.9 Å². The molecule has 0 radical (unpaired) electrons. The van der Waals surface area contributed by atoms with Gasteiger partial charge in [-0.15, -0.1) is 0 Å². The van der Waals surface area contributed by atoms with E-state index in [0.29, 0.717) is 11.5 Å². The molecule has 3 nitrogen and oxygen atoms in total. The Hall–Kier alpha value is -0.940. The number of fused-ring (bicyclic) bond motifs is 1. The number of thioether (sulfide) groups is 1. The third kappa shape index (κ3) is 1.95. The Morgan fingerprint density at radius 3 is 3.00 bits per heavy atom. The molecule has 94 valence electrons. The number of aromatic amines is 1. The molecule has 1 saturated heterocycles. The molecule has 1 aromatic heterocycles. The standard InChI is InChI=1S/C13H13BrN2OS/c14-8-3-9-11(7-1-2-18-6-7)5-16-12(9)10(4-8)13(15)17/h3-5,7,16H,1-2,6H2,(H2,15,17). The molecule has 1 aromatic carbocycles. The van der Waals surface area contributed by atoms with Crippen LogP contribution in [0.3, 0.4) is 0 Å². The number of H-pyrrole nitrogens is 1. The Kier molecular flexibility index (Phi) is 3.11. The van der Waals surface area contributed by atoms with Crippen LogP contribution in [0.25, 0.3) is 10.9 Å². The normalized spacial score (nSPS) is 19.5. The molecule has 5 heteroatoms. The minimum Gasteiger partial charge on any atom is -0.366 e. The van der Waals surface area contributed by atoms with Crippen molar-refractivity contribution >= 4 is 44.5 Å². The monoisotopic (exact) mass is 324 g/mol. The summed E-state index contributed by atoms with van der Waals surface area (Å²) in [6.07, 6.45) is 3.23. The van der Waals surface area contributed by atoms with Crippen LogP contribution in [0.1, 0.15) is 28.3 Å². The lowest BCUT2D eigenvalue weighted by Crippen LogP contribution is -2.11. The van der Waals surface area contributed by atoms with E-state index in [9.17, 15) is 4.79 Å². The zero-order chi connectivity index (χ0) is 12.7. The highest BCUT2D eigenvalue weighted by molar-refractivity contribution is 9.10. The topological polar surface area (TPSA) is 58.9 Å². The Balaban J connectivity index is 2.20. The molecule has 3 N–H and O–H groups in total. The highest BCUT2D eigenvalue weighted by Gasteiger charge is 2.22. The second-order valence-electron chi connectivity index (χ2n) is 4.54. The van der Waals surface area contributed by atoms with Crippen molar-refractivity contribution in [1.29, 1.82) is 0 Å². The van der Waals surface area contributed by atoms with Gasteiger partial charge in [-0.25, -0.2) is 0 Å². The lowest BCUT2D eigenvalue weighted by molar-refractivity contribution is 0.100. The molecule has 1 aliphatic rings. The largest absolute Gasteiger partial charge is 0.366 e. The van der Waals surface area contributed by atoms with E-state index in [1.54, 1.807) is 6.07 Å². The number of hydrogen-bond donors (Lipinski definition) is 2. The molecule has 3 rings (SSSR count). The molecular weight excluding hydrogens is 312 g/mol. The van der Waals surface area contributed by atoms with E-state index >= 15 is 0 Å². The van der Waals surface area contributed by atoms with E-state index in [0.717, 1.165) is 21.1 Å². The molecule has 1 aliphatic heterocycles. The predicted octanol–water partition coefficient (Wildman–Crippen LogP) is 3.25. The third-order valence-electron chi connectivity index (χ3n) is 3.42. The first kappa shape index (κ1) is 12.1. The maximum absolute atomic E-state index is 11.5. The van der Waals surface area contributed by atoms with Crippen LogP contribution >= 0.6 is 27.7 Å². The smallest absolute Gasteiger partial charge is 0.250 e. The van der Waals surface area contributed by atoms with E-state index in [1.807, 2.05) is 18.0 Å². The summed E-state index contributed by atoms with van der Waals surface area (Å²) in [5.74, 6) is 2.56. The first-order valence-corrected chi connectivity index (χ1v) is 7.79. The fraction of sp³-hybridized carbons (Fsp3) is 0.308. The second-order valence-corrected chi connectivity index (χ2v) is 6.61. The van der Waals surface area contributed by atoms with Crippen LogP contribution in [-0.2, 0) is 0 Å². The molecule has 1 amide bonds. The number of halogens is 1. The Labute approximate surface area is 118 Å². The fourth-order valence-corrected chi connectivity index (χ4v) is 4.24. The summed E-state index contributed by atoms with van der Waals surface area (Å²) in [6.45, 7) is 0. The maximum Gasteiger partial charge on any atom is 0.250 e. The zero-order valence-corrected chi connectivity index (χ0v) is 12.1. The Bertz CT molecular complexity index is 617. The summed E-state index contributed by atoms with van der Waals surface area (Å²) >= 11 is 5.44. The van der Waals surface area contributed by atoms with E-state index in [2.05, 4.69) is 27.0 Å². The lowest BCUT2D eigenvalue weighted by atomic mass is 9.97. The van der Waals surface area contributed by atoms with Gasteiger partial charge in [0.15, 0.2) is 0 Å². The van der Waals surface area contributed by atoms with E-state index in [-0.39, 0.29) is 0 Å².